The van der Waals surface area contributed by atoms with Crippen molar-refractivity contribution in [1.29, 1.82) is 0 Å². The fraction of sp³-hybridized carbons (Fsp3) is 0.688. The zero-order chi connectivity index (χ0) is 23.4. The molecule has 0 aromatic heterocycles. The fourth-order valence-corrected chi connectivity index (χ4v) is 10.5. The summed E-state index contributed by atoms with van der Waals surface area (Å²) in [6, 6.07) is 17.6. The molecule has 0 saturated heterocycles. The van der Waals surface area contributed by atoms with Crippen molar-refractivity contribution in [3.63, 3.8) is 0 Å². The molecule has 4 fully saturated rings. The molecule has 2 aromatic rings. The second kappa shape index (κ2) is 12.8. The first kappa shape index (κ1) is 28.1. The van der Waals surface area contributed by atoms with Crippen molar-refractivity contribution < 1.29 is 17.1 Å². The molecule has 0 nitrogen and oxygen atoms in total. The maximum Gasteiger partial charge on any atom is 0 e. The molecule has 0 heterocycles. The predicted molar refractivity (Wildman–Crippen MR) is 155 cm³/mol. The topological polar surface area (TPSA) is 0 Å². The van der Waals surface area contributed by atoms with E-state index in [4.69, 9.17) is 0 Å². The van der Waals surface area contributed by atoms with Gasteiger partial charge < -0.3 is 30.3 Å². The number of hydrogen-bond acceptors (Lipinski definition) is 0. The Kier molecular flexibility index (Phi) is 10.2. The molecule has 6 rings (SSSR count). The molecule has 2 unspecified atom stereocenters. The quantitative estimate of drug-likeness (QED) is 0.191. The van der Waals surface area contributed by atoms with Crippen molar-refractivity contribution in [3.8, 4) is 0 Å². The zero-order valence-corrected chi connectivity index (χ0v) is 25.2. The first-order chi connectivity index (χ1) is 16.6. The molecule has 200 valence electrons. The SMILES string of the molecule is PC(c1ccc[c-]1C(P)(C1CCCC1)C1CCCC1)(C1CCCC1)C1CCCC1.[Fe].[cH-]1[cH-][cH-][cH-][cH-]1. The van der Waals surface area contributed by atoms with Gasteiger partial charge in [0, 0.05) is 17.1 Å². The van der Waals surface area contributed by atoms with E-state index in [9.17, 15) is 0 Å². The van der Waals surface area contributed by atoms with E-state index in [2.05, 4.69) is 36.7 Å². The predicted octanol–water partition coefficient (Wildman–Crippen LogP) is 9.71. The van der Waals surface area contributed by atoms with Crippen molar-refractivity contribution in [2.24, 2.45) is 23.7 Å². The normalized spacial score (nSPS) is 22.9. The van der Waals surface area contributed by atoms with Gasteiger partial charge in [0.1, 0.15) is 0 Å². The summed E-state index contributed by atoms with van der Waals surface area (Å²) in [4.78, 5) is 0. The Bertz CT molecular complexity index is 738. The zero-order valence-electron chi connectivity index (χ0n) is 21.8. The minimum atomic E-state index is 0. The summed E-state index contributed by atoms with van der Waals surface area (Å²) in [5.74, 6) is 3.55. The van der Waals surface area contributed by atoms with Crippen LogP contribution in [0.15, 0.2) is 48.5 Å². The van der Waals surface area contributed by atoms with Gasteiger partial charge in [-0.1, -0.05) is 77.0 Å². The van der Waals surface area contributed by atoms with Crippen molar-refractivity contribution >= 4 is 18.5 Å². The van der Waals surface area contributed by atoms with Crippen LogP contribution in [-0.4, -0.2) is 0 Å². The van der Waals surface area contributed by atoms with Gasteiger partial charge in [-0.3, -0.25) is 0 Å². The second-order valence-corrected chi connectivity index (χ2v) is 14.0. The van der Waals surface area contributed by atoms with Crippen molar-refractivity contribution in [2.75, 3.05) is 0 Å². The van der Waals surface area contributed by atoms with Crippen LogP contribution in [0.3, 0.4) is 0 Å². The third-order valence-corrected chi connectivity index (χ3v) is 12.9. The molecule has 0 spiro atoms. The second-order valence-electron chi connectivity index (χ2n) is 12.1. The summed E-state index contributed by atoms with van der Waals surface area (Å²) >= 11 is 0. The van der Waals surface area contributed by atoms with E-state index in [1.807, 2.05) is 30.3 Å². The molecule has 0 radical (unpaired) electrons. The van der Waals surface area contributed by atoms with Crippen LogP contribution in [0.1, 0.15) is 114 Å². The van der Waals surface area contributed by atoms with E-state index >= 15 is 0 Å². The molecule has 0 bridgehead atoms. The monoisotopic (exact) mass is 550 g/mol. The average molecular weight is 551 g/mol. The van der Waals surface area contributed by atoms with Gasteiger partial charge in [0.25, 0.3) is 0 Å². The summed E-state index contributed by atoms with van der Waals surface area (Å²) in [5, 5.41) is 0.676. The van der Waals surface area contributed by atoms with Gasteiger partial charge in [0.15, 0.2) is 0 Å². The Labute approximate surface area is 231 Å². The minimum Gasteiger partial charge on any atom is -0.748 e. The summed E-state index contributed by atoms with van der Waals surface area (Å²) in [7, 11) is 7.10. The van der Waals surface area contributed by atoms with Gasteiger partial charge in [-0.15, -0.1) is 24.0 Å². The van der Waals surface area contributed by atoms with Crippen LogP contribution < -0.4 is 0 Å². The van der Waals surface area contributed by atoms with E-state index in [1.54, 1.807) is 11.1 Å². The Morgan fingerprint density at radius 2 is 0.943 bits per heavy atom. The maximum atomic E-state index is 3.55. The summed E-state index contributed by atoms with van der Waals surface area (Å²) < 4.78 is 0. The molecule has 3 heteroatoms. The van der Waals surface area contributed by atoms with Crippen LogP contribution in [0.2, 0.25) is 0 Å². The molecular formula is C32H48FeP2-6. The van der Waals surface area contributed by atoms with Gasteiger partial charge in [-0.25, -0.2) is 12.1 Å². The Morgan fingerprint density at radius 3 is 1.31 bits per heavy atom. The molecule has 0 aliphatic heterocycles. The maximum absolute atomic E-state index is 3.55. The molecule has 0 N–H and O–H groups in total. The van der Waals surface area contributed by atoms with Crippen LogP contribution in [-0.2, 0) is 27.4 Å². The summed E-state index contributed by atoms with van der Waals surface area (Å²) in [6.07, 6.45) is 23.4. The molecule has 0 amide bonds. The van der Waals surface area contributed by atoms with Crippen LogP contribution in [0.4, 0.5) is 0 Å². The van der Waals surface area contributed by atoms with Crippen molar-refractivity contribution in [2.45, 2.75) is 113 Å². The van der Waals surface area contributed by atoms with Crippen LogP contribution in [0, 0.1) is 23.7 Å². The molecule has 4 saturated carbocycles. The molecule has 4 aliphatic rings. The standard InChI is InChI=1S/C27H43P2.C5H5.Fe/c28-26(20-10-1-2-11-20,21-12-3-4-13-21)24-18-9-19-25(24)27(29,22-14-5-6-15-22)23-16-7-8-17-23;1-2-4-5-3-1;/h9,18-23H,1-8,10-17,28-29H2;1-5H;/q-1;-5;. The Hall–Kier alpha value is 0.0795. The van der Waals surface area contributed by atoms with Gasteiger partial charge in [-0.2, -0.15) is 11.6 Å². The van der Waals surface area contributed by atoms with Crippen LogP contribution in [0.5, 0.6) is 0 Å². The van der Waals surface area contributed by atoms with Crippen LogP contribution in [0.25, 0.3) is 0 Å². The van der Waals surface area contributed by atoms with Crippen molar-refractivity contribution in [1.82, 2.24) is 0 Å². The number of rotatable bonds is 6. The van der Waals surface area contributed by atoms with Crippen molar-refractivity contribution in [3.05, 3.63) is 59.7 Å². The third-order valence-electron chi connectivity index (χ3n) is 10.4. The molecular weight excluding hydrogens is 502 g/mol. The van der Waals surface area contributed by atoms with E-state index in [-0.39, 0.29) is 17.1 Å². The summed E-state index contributed by atoms with van der Waals surface area (Å²) in [5.41, 5.74) is 3.55. The van der Waals surface area contributed by atoms with Gasteiger partial charge >= 0.3 is 0 Å². The van der Waals surface area contributed by atoms with E-state index in [0.29, 0.717) is 10.3 Å². The first-order valence-electron chi connectivity index (χ1n) is 14.7. The molecule has 2 aromatic carbocycles. The molecule has 4 aliphatic carbocycles. The molecule has 2 atom stereocenters. The van der Waals surface area contributed by atoms with Gasteiger partial charge in [-0.05, 0) is 59.7 Å². The average Bonchev–Trinajstić information content (AvgIpc) is 3.76. The number of hydrogen-bond donors (Lipinski definition) is 0. The van der Waals surface area contributed by atoms with Gasteiger partial charge in [0.2, 0.25) is 0 Å². The largest absolute Gasteiger partial charge is 0.748 e. The van der Waals surface area contributed by atoms with E-state index < -0.39 is 0 Å². The van der Waals surface area contributed by atoms with Gasteiger partial charge in [0.05, 0.1) is 0 Å². The molecule has 35 heavy (non-hydrogen) atoms. The Balaban J connectivity index is 0.000000431. The van der Waals surface area contributed by atoms with E-state index in [0.717, 1.165) is 23.7 Å². The van der Waals surface area contributed by atoms with Crippen LogP contribution >= 0.6 is 18.5 Å². The summed E-state index contributed by atoms with van der Waals surface area (Å²) in [6.45, 7) is 0. The smallest absolute Gasteiger partial charge is 0 e. The third kappa shape index (κ3) is 5.61. The Morgan fingerprint density at radius 1 is 0.600 bits per heavy atom. The van der Waals surface area contributed by atoms with E-state index in [1.165, 1.54) is 103 Å². The minimum absolute atomic E-state index is 0. The first-order valence-corrected chi connectivity index (χ1v) is 15.8. The fourth-order valence-electron chi connectivity index (χ4n) is 8.66.